The monoisotopic (exact) mass is 913 g/mol. The van der Waals surface area contributed by atoms with Gasteiger partial charge in [0, 0.05) is 82.0 Å². The lowest BCUT2D eigenvalue weighted by Crippen LogP contribution is -2.59. The predicted octanol–water partition coefficient (Wildman–Crippen LogP) is 4.11. The summed E-state index contributed by atoms with van der Waals surface area (Å²) in [5.74, 6) is -0.628. The van der Waals surface area contributed by atoms with E-state index >= 15 is 0 Å². The van der Waals surface area contributed by atoms with Gasteiger partial charge in [-0.25, -0.2) is 9.59 Å². The van der Waals surface area contributed by atoms with Gasteiger partial charge in [-0.15, -0.1) is 0 Å². The number of unbranched alkanes of at least 4 members (excludes halogenated alkanes) is 1. The standard InChI is InChI=1S/C38H47Br2N9O5.CH2O2/c39-29-21-25(22-30(40)34(29)50)23-33(45-37(53)48-15-10-28(11-16-48)49-24-26-5-1-2-6-31(26)44-38(49)54)35(51)43-32(7-3-4-12-41)36(52)47-19-17-46(18-20-47)27-8-13-42-14-9-27;2-1-3/h1-2,5-6,8-9,13-14,21-22,28,32-33,50H,3-4,7,10-12,15-20,23-24,41H2,(H,43,51)(H,44,54)(H,45,53);1H,(H,2,3)/t32-,33+;/m0./s1. The quantitative estimate of drug-likeness (QED) is 0.113. The second-order valence-electron chi connectivity index (χ2n) is 14.0. The number of hydrogen-bond acceptors (Lipinski definition) is 9. The van der Waals surface area contributed by atoms with Crippen molar-refractivity contribution in [2.24, 2.45) is 5.73 Å². The molecule has 4 heterocycles. The van der Waals surface area contributed by atoms with Crippen LogP contribution in [0.2, 0.25) is 0 Å². The number of phenolic OH excluding ortho intramolecular Hbond substituents is 1. The average molecular weight is 916 g/mol. The topological polar surface area (TPSA) is 214 Å². The fourth-order valence-corrected chi connectivity index (χ4v) is 8.58. The van der Waals surface area contributed by atoms with Gasteiger partial charge in [-0.3, -0.25) is 19.4 Å². The molecule has 3 aliphatic heterocycles. The van der Waals surface area contributed by atoms with Crippen molar-refractivity contribution in [1.82, 2.24) is 30.3 Å². The number of piperidine rings is 1. The minimum absolute atomic E-state index is 0.0205. The van der Waals surface area contributed by atoms with Crippen LogP contribution in [-0.2, 0) is 27.3 Å². The maximum Gasteiger partial charge on any atom is 0.322 e. The number of hydrogen-bond donors (Lipinski definition) is 6. The number of anilines is 2. The molecule has 57 heavy (non-hydrogen) atoms. The zero-order valence-corrected chi connectivity index (χ0v) is 34.7. The summed E-state index contributed by atoms with van der Waals surface area (Å²) in [7, 11) is 0. The Hall–Kier alpha value is -4.94. The van der Waals surface area contributed by atoms with Gasteiger partial charge in [0.1, 0.15) is 17.8 Å². The fourth-order valence-electron chi connectivity index (χ4n) is 7.30. The molecule has 1 aromatic heterocycles. The SMILES string of the molecule is NCCCC[C@H](NC(=O)[C@@H](Cc1cc(Br)c(O)c(Br)c1)NC(=O)N1CCC(N2Cc3ccccc3NC2=O)CC1)C(=O)N1CCN(c2ccncc2)CC1.O=CO. The number of benzene rings is 2. The minimum Gasteiger partial charge on any atom is -0.506 e. The summed E-state index contributed by atoms with van der Waals surface area (Å²) in [5, 5.41) is 26.1. The van der Waals surface area contributed by atoms with Crippen LogP contribution in [0.5, 0.6) is 5.75 Å². The van der Waals surface area contributed by atoms with Crippen LogP contribution in [0.25, 0.3) is 0 Å². The minimum atomic E-state index is -1.03. The average Bonchev–Trinajstić information content (AvgIpc) is 3.22. The summed E-state index contributed by atoms with van der Waals surface area (Å²) in [6.07, 6.45) is 6.53. The van der Waals surface area contributed by atoms with Crippen LogP contribution in [-0.4, -0.2) is 124 Å². The Morgan fingerprint density at radius 2 is 1.58 bits per heavy atom. The number of urea groups is 2. The molecule has 0 unspecified atom stereocenters. The van der Waals surface area contributed by atoms with E-state index in [2.05, 4.69) is 57.7 Å². The summed E-state index contributed by atoms with van der Waals surface area (Å²) in [5.41, 5.74) is 9.38. The van der Waals surface area contributed by atoms with E-state index in [0.29, 0.717) is 99.0 Å². The molecule has 18 heteroatoms. The van der Waals surface area contributed by atoms with Crippen LogP contribution in [0, 0.1) is 0 Å². The third-order valence-corrected chi connectivity index (χ3v) is 11.6. The van der Waals surface area contributed by atoms with Gasteiger partial charge in [-0.1, -0.05) is 18.2 Å². The van der Waals surface area contributed by atoms with E-state index < -0.39 is 24.0 Å². The number of aromatic hydroxyl groups is 1. The highest BCUT2D eigenvalue weighted by atomic mass is 79.9. The Labute approximate surface area is 348 Å². The number of rotatable bonds is 12. The number of piperazine rings is 1. The number of likely N-dealkylation sites (tertiary alicyclic amines) is 1. The van der Waals surface area contributed by atoms with Gasteiger partial charge >= 0.3 is 12.1 Å². The highest BCUT2D eigenvalue weighted by molar-refractivity contribution is 9.11. The molecule has 2 fully saturated rings. The van der Waals surface area contributed by atoms with Crippen molar-refractivity contribution < 1.29 is 34.2 Å². The van der Waals surface area contributed by atoms with Crippen molar-refractivity contribution in [2.75, 3.05) is 56.0 Å². The smallest absolute Gasteiger partial charge is 0.322 e. The lowest BCUT2D eigenvalue weighted by molar-refractivity contribution is -0.137. The van der Waals surface area contributed by atoms with E-state index in [1.807, 2.05) is 41.3 Å². The third kappa shape index (κ3) is 11.6. The molecule has 0 radical (unpaired) electrons. The highest BCUT2D eigenvalue weighted by Gasteiger charge is 2.35. The first-order valence-electron chi connectivity index (χ1n) is 18.9. The lowest BCUT2D eigenvalue weighted by Gasteiger charge is -2.40. The van der Waals surface area contributed by atoms with Crippen LogP contribution in [0.1, 0.15) is 43.2 Å². The molecule has 3 aliphatic rings. The molecule has 0 aliphatic carbocycles. The predicted molar refractivity (Wildman–Crippen MR) is 222 cm³/mol. The number of carbonyl (C=O) groups is 5. The van der Waals surface area contributed by atoms with Gasteiger partial charge in [0.2, 0.25) is 11.8 Å². The van der Waals surface area contributed by atoms with Crippen molar-refractivity contribution in [3.63, 3.8) is 0 Å². The van der Waals surface area contributed by atoms with Gasteiger partial charge in [0.15, 0.2) is 0 Å². The number of nitrogens with two attached hydrogens (primary N) is 1. The lowest BCUT2D eigenvalue weighted by atomic mass is 10.0. The maximum absolute atomic E-state index is 14.2. The van der Waals surface area contributed by atoms with Crippen molar-refractivity contribution in [2.45, 2.75) is 63.2 Å². The Bertz CT molecular complexity index is 1840. The van der Waals surface area contributed by atoms with Crippen molar-refractivity contribution in [3.8, 4) is 5.75 Å². The summed E-state index contributed by atoms with van der Waals surface area (Å²) >= 11 is 6.74. The normalized spacial score (nSPS) is 16.6. The molecule has 6 amide bonds. The first-order chi connectivity index (χ1) is 27.5. The van der Waals surface area contributed by atoms with Crippen molar-refractivity contribution in [1.29, 1.82) is 0 Å². The molecule has 2 aromatic carbocycles. The summed E-state index contributed by atoms with van der Waals surface area (Å²) in [6, 6.07) is 12.6. The molecule has 0 bridgehead atoms. The molecule has 2 saturated heterocycles. The van der Waals surface area contributed by atoms with E-state index in [1.54, 1.807) is 34.3 Å². The first kappa shape index (κ1) is 43.2. The van der Waals surface area contributed by atoms with Gasteiger partial charge < -0.3 is 51.5 Å². The molecule has 3 aromatic rings. The molecule has 16 nitrogen and oxygen atoms in total. The Kier molecular flexibility index (Phi) is 15.9. The number of phenols is 1. The number of para-hydroxylation sites is 1. The molecule has 7 N–H and O–H groups in total. The zero-order valence-electron chi connectivity index (χ0n) is 31.5. The van der Waals surface area contributed by atoms with Gasteiger partial charge in [-0.2, -0.15) is 0 Å². The Morgan fingerprint density at radius 3 is 2.23 bits per heavy atom. The van der Waals surface area contributed by atoms with Crippen molar-refractivity contribution >= 4 is 73.6 Å². The second-order valence-corrected chi connectivity index (χ2v) is 15.7. The highest BCUT2D eigenvalue weighted by Crippen LogP contribution is 2.34. The van der Waals surface area contributed by atoms with Gasteiger partial charge in [0.05, 0.1) is 8.95 Å². The van der Waals surface area contributed by atoms with Crippen LogP contribution in [0.15, 0.2) is 69.9 Å². The molecule has 2 atom stereocenters. The van der Waals surface area contributed by atoms with E-state index in [0.717, 1.165) is 16.9 Å². The number of aromatic nitrogens is 1. The van der Waals surface area contributed by atoms with Crippen LogP contribution in [0.3, 0.4) is 0 Å². The molecular weight excluding hydrogens is 866 g/mol. The Morgan fingerprint density at radius 1 is 0.930 bits per heavy atom. The number of amides is 6. The van der Waals surface area contributed by atoms with E-state index in [-0.39, 0.29) is 36.6 Å². The summed E-state index contributed by atoms with van der Waals surface area (Å²) < 4.78 is 0.870. The number of fused-ring (bicyclic) bond motifs is 1. The van der Waals surface area contributed by atoms with Gasteiger partial charge in [-0.05, 0) is 112 Å². The zero-order chi connectivity index (χ0) is 40.9. The molecule has 6 rings (SSSR count). The molecular formula is C39H49Br2N9O7. The number of halogens is 2. The second kappa shape index (κ2) is 21.0. The van der Waals surface area contributed by atoms with Crippen molar-refractivity contribution in [3.05, 3.63) is 81.0 Å². The Balaban J connectivity index is 0.00000200. The molecule has 0 saturated carbocycles. The van der Waals surface area contributed by atoms with E-state index in [9.17, 15) is 24.3 Å². The first-order valence-corrected chi connectivity index (χ1v) is 20.5. The van der Waals surface area contributed by atoms with E-state index in [1.165, 1.54) is 0 Å². The van der Waals surface area contributed by atoms with Gasteiger partial charge in [0.25, 0.3) is 6.47 Å². The third-order valence-electron chi connectivity index (χ3n) is 10.4. The van der Waals surface area contributed by atoms with Crippen LogP contribution >= 0.6 is 31.9 Å². The summed E-state index contributed by atoms with van der Waals surface area (Å²) in [4.78, 5) is 74.9. The fraction of sp³-hybridized carbons (Fsp3) is 0.436. The number of pyridine rings is 1. The van der Waals surface area contributed by atoms with E-state index in [4.69, 9.17) is 15.6 Å². The molecule has 306 valence electrons. The number of carbonyl (C=O) groups excluding carboxylic acids is 4. The maximum atomic E-state index is 14.2. The van der Waals surface area contributed by atoms with Crippen LogP contribution in [0.4, 0.5) is 21.0 Å². The molecule has 0 spiro atoms. The van der Waals surface area contributed by atoms with Crippen LogP contribution < -0.4 is 26.6 Å². The summed E-state index contributed by atoms with van der Waals surface area (Å²) in [6.45, 7) is 3.82. The largest absolute Gasteiger partial charge is 0.506 e. The number of carboxylic acid groups (broad SMARTS) is 1. The number of nitrogens with one attached hydrogen (secondary N) is 3. The number of nitrogens with zero attached hydrogens (tertiary/aromatic N) is 5.